The zero-order valence-electron chi connectivity index (χ0n) is 21.1. The van der Waals surface area contributed by atoms with E-state index < -0.39 is 12.6 Å². The van der Waals surface area contributed by atoms with Crippen molar-refractivity contribution in [3.8, 4) is 5.75 Å². The normalized spacial score (nSPS) is 22.5. The summed E-state index contributed by atoms with van der Waals surface area (Å²) >= 11 is 0. The van der Waals surface area contributed by atoms with E-state index in [1.807, 2.05) is 13.8 Å². The van der Waals surface area contributed by atoms with Crippen LogP contribution >= 0.6 is 0 Å². The van der Waals surface area contributed by atoms with Gasteiger partial charge in [0.15, 0.2) is 0 Å². The first-order valence-electron chi connectivity index (χ1n) is 11.9. The van der Waals surface area contributed by atoms with Crippen LogP contribution in [0, 0.1) is 5.92 Å². The summed E-state index contributed by atoms with van der Waals surface area (Å²) in [6, 6.07) is 4.00. The number of fused-ring (bicyclic) bond motifs is 1. The Bertz CT molecular complexity index is 853. The lowest BCUT2D eigenvalue weighted by atomic mass is 10.0. The van der Waals surface area contributed by atoms with Gasteiger partial charge in [-0.2, -0.15) is 13.2 Å². The van der Waals surface area contributed by atoms with E-state index >= 15 is 0 Å². The van der Waals surface area contributed by atoms with Crippen LogP contribution < -0.4 is 15.4 Å². The predicted octanol–water partition coefficient (Wildman–Crippen LogP) is 3.98. The maximum absolute atomic E-state index is 13.2. The first-order valence-corrected chi connectivity index (χ1v) is 11.9. The molecule has 1 aliphatic rings. The summed E-state index contributed by atoms with van der Waals surface area (Å²) in [5.41, 5.74) is 0.731. The molecule has 0 spiro atoms. The number of benzene rings is 1. The number of amides is 3. The van der Waals surface area contributed by atoms with Gasteiger partial charge in [-0.05, 0) is 31.4 Å². The van der Waals surface area contributed by atoms with E-state index in [4.69, 9.17) is 9.47 Å². The number of anilines is 1. The minimum absolute atomic E-state index is 0.0672. The first-order chi connectivity index (χ1) is 16.4. The van der Waals surface area contributed by atoms with Crippen LogP contribution in [0.4, 0.5) is 23.7 Å². The van der Waals surface area contributed by atoms with Gasteiger partial charge in [0.05, 0.1) is 18.1 Å². The fraction of sp³-hybridized carbons (Fsp3) is 0.667. The Morgan fingerprint density at radius 3 is 2.60 bits per heavy atom. The molecule has 3 atom stereocenters. The number of nitrogens with one attached hydrogen (secondary N) is 2. The minimum atomic E-state index is -4.27. The van der Waals surface area contributed by atoms with Crippen LogP contribution in [0.2, 0.25) is 0 Å². The number of nitrogens with zero attached hydrogens (tertiary/aromatic N) is 2. The molecule has 2 N–H and O–H groups in total. The number of likely N-dealkylation sites (N-methyl/N-ethyl adjacent to an activating group) is 1. The largest absolute Gasteiger partial charge is 0.491 e. The molecule has 1 aliphatic heterocycles. The molecule has 2 rings (SSSR count). The van der Waals surface area contributed by atoms with Crippen molar-refractivity contribution in [1.29, 1.82) is 0 Å². The van der Waals surface area contributed by atoms with Gasteiger partial charge >= 0.3 is 12.2 Å². The second-order valence-electron chi connectivity index (χ2n) is 9.05. The molecule has 0 unspecified atom stereocenters. The van der Waals surface area contributed by atoms with Crippen LogP contribution in [0.3, 0.4) is 0 Å². The molecule has 11 heteroatoms. The molecular weight excluding hydrogens is 465 g/mol. The van der Waals surface area contributed by atoms with Crippen molar-refractivity contribution in [2.45, 2.75) is 51.9 Å². The highest BCUT2D eigenvalue weighted by atomic mass is 19.4. The number of carbonyl (C=O) groups is 2. The Kier molecular flexibility index (Phi) is 10.6. The van der Waals surface area contributed by atoms with Crippen LogP contribution in [0.1, 0.15) is 44.0 Å². The molecular formula is C24H37F3N4O4. The van der Waals surface area contributed by atoms with Crippen molar-refractivity contribution in [2.75, 3.05) is 52.3 Å². The lowest BCUT2D eigenvalue weighted by molar-refractivity contribution is -0.140. The fourth-order valence-corrected chi connectivity index (χ4v) is 3.92. The smallest absolute Gasteiger partial charge is 0.390 e. The van der Waals surface area contributed by atoms with Crippen molar-refractivity contribution < 1.29 is 32.2 Å². The van der Waals surface area contributed by atoms with Gasteiger partial charge in [-0.1, -0.05) is 13.8 Å². The van der Waals surface area contributed by atoms with Crippen molar-refractivity contribution in [3.63, 3.8) is 0 Å². The Hall–Kier alpha value is -2.53. The van der Waals surface area contributed by atoms with Gasteiger partial charge in [0, 0.05) is 58.1 Å². The Morgan fingerprint density at radius 2 is 1.97 bits per heavy atom. The van der Waals surface area contributed by atoms with Crippen LogP contribution in [0.5, 0.6) is 5.75 Å². The molecule has 0 saturated heterocycles. The van der Waals surface area contributed by atoms with Gasteiger partial charge in [0.1, 0.15) is 12.4 Å². The molecule has 0 saturated carbocycles. The lowest BCUT2D eigenvalue weighted by Gasteiger charge is -2.36. The zero-order chi connectivity index (χ0) is 26.2. The molecule has 0 fully saturated rings. The van der Waals surface area contributed by atoms with E-state index in [1.165, 1.54) is 12.0 Å². The number of hydrogen-bond donors (Lipinski definition) is 2. The topological polar surface area (TPSA) is 83.1 Å². The van der Waals surface area contributed by atoms with E-state index in [-0.39, 0.29) is 55.4 Å². The molecule has 1 aromatic rings. The summed E-state index contributed by atoms with van der Waals surface area (Å²) < 4.78 is 50.5. The summed E-state index contributed by atoms with van der Waals surface area (Å²) in [7, 11) is 3.18. The zero-order valence-corrected chi connectivity index (χ0v) is 21.1. The predicted molar refractivity (Wildman–Crippen MR) is 128 cm³/mol. The Balaban J connectivity index is 2.35. The van der Waals surface area contributed by atoms with Gasteiger partial charge in [0.25, 0.3) is 5.91 Å². The van der Waals surface area contributed by atoms with Crippen LogP contribution in [0.15, 0.2) is 18.2 Å². The van der Waals surface area contributed by atoms with Gasteiger partial charge < -0.3 is 25.0 Å². The third-order valence-corrected chi connectivity index (χ3v) is 6.05. The van der Waals surface area contributed by atoms with Gasteiger partial charge in [-0.15, -0.1) is 0 Å². The quantitative estimate of drug-likeness (QED) is 0.615. The van der Waals surface area contributed by atoms with Gasteiger partial charge in [0.2, 0.25) is 0 Å². The van der Waals surface area contributed by atoms with Crippen molar-refractivity contribution in [1.82, 2.24) is 15.1 Å². The summed E-state index contributed by atoms with van der Waals surface area (Å²) in [5.74, 6) is -0.156. The SMILES string of the molecule is CCCNC(=O)Nc1ccc2c(c1)OC[C@@H](C)N(CCC(F)(F)F)C[C@H](C)[C@H](OC)CN(C)C2=O. The maximum Gasteiger partial charge on any atom is 0.390 e. The molecule has 3 amide bonds. The lowest BCUT2D eigenvalue weighted by Crippen LogP contribution is -2.47. The summed E-state index contributed by atoms with van der Waals surface area (Å²) in [4.78, 5) is 28.5. The second-order valence-corrected chi connectivity index (χ2v) is 9.05. The molecule has 0 aromatic heterocycles. The van der Waals surface area contributed by atoms with E-state index in [0.717, 1.165) is 6.42 Å². The molecule has 1 heterocycles. The molecule has 35 heavy (non-hydrogen) atoms. The number of hydrogen-bond acceptors (Lipinski definition) is 5. The average molecular weight is 503 g/mol. The molecule has 0 aliphatic carbocycles. The third kappa shape index (κ3) is 8.88. The number of urea groups is 1. The summed E-state index contributed by atoms with van der Waals surface area (Å²) in [5, 5.41) is 5.42. The van der Waals surface area contributed by atoms with Crippen LogP contribution in [-0.4, -0.2) is 87.0 Å². The highest BCUT2D eigenvalue weighted by molar-refractivity contribution is 5.98. The van der Waals surface area contributed by atoms with E-state index in [1.54, 1.807) is 37.1 Å². The standard InChI is InChI=1S/C24H37F3N4O4/c1-6-10-28-23(33)29-18-7-8-19-20(12-18)35-15-17(3)31(11-9-24(25,26)27)13-16(2)21(34-5)14-30(4)22(19)32/h7-8,12,16-17,21H,6,9-11,13-15H2,1-5H3,(H2,28,29,33)/t16-,17+,21+/m0/s1. The van der Waals surface area contributed by atoms with Crippen LogP contribution in [0.25, 0.3) is 0 Å². The number of halogens is 3. The van der Waals surface area contributed by atoms with Gasteiger partial charge in [-0.25, -0.2) is 4.79 Å². The molecule has 8 nitrogen and oxygen atoms in total. The highest BCUT2D eigenvalue weighted by Crippen LogP contribution is 2.27. The van der Waals surface area contributed by atoms with Gasteiger partial charge in [-0.3, -0.25) is 9.69 Å². The Morgan fingerprint density at radius 1 is 1.26 bits per heavy atom. The van der Waals surface area contributed by atoms with Crippen LogP contribution in [-0.2, 0) is 4.74 Å². The highest BCUT2D eigenvalue weighted by Gasteiger charge is 2.32. The summed E-state index contributed by atoms with van der Waals surface area (Å²) in [6.07, 6.45) is -4.79. The number of carbonyl (C=O) groups excluding carboxylic acids is 2. The summed E-state index contributed by atoms with van der Waals surface area (Å²) in [6.45, 7) is 6.66. The number of methoxy groups -OCH3 is 1. The van der Waals surface area contributed by atoms with E-state index in [2.05, 4.69) is 10.6 Å². The fourth-order valence-electron chi connectivity index (χ4n) is 3.92. The molecule has 0 bridgehead atoms. The number of rotatable bonds is 6. The maximum atomic E-state index is 13.2. The van der Waals surface area contributed by atoms with Crippen molar-refractivity contribution in [2.24, 2.45) is 5.92 Å². The van der Waals surface area contributed by atoms with Crippen molar-refractivity contribution in [3.05, 3.63) is 23.8 Å². The Labute approximate surface area is 205 Å². The van der Waals surface area contributed by atoms with Crippen molar-refractivity contribution >= 4 is 17.6 Å². The molecule has 0 radical (unpaired) electrons. The second kappa shape index (κ2) is 13.0. The minimum Gasteiger partial charge on any atom is -0.491 e. The molecule has 1 aromatic carbocycles. The first kappa shape index (κ1) is 28.7. The third-order valence-electron chi connectivity index (χ3n) is 6.05. The van der Waals surface area contributed by atoms with E-state index in [9.17, 15) is 22.8 Å². The van der Waals surface area contributed by atoms with E-state index in [0.29, 0.717) is 24.3 Å². The number of ether oxygens (including phenoxy) is 2. The average Bonchev–Trinajstić information content (AvgIpc) is 2.80. The number of alkyl halides is 3. The monoisotopic (exact) mass is 502 g/mol. The molecule has 198 valence electrons.